The number of nitrogen functional groups attached to an aromatic ring is 1. The van der Waals surface area contributed by atoms with E-state index in [2.05, 4.69) is 15.4 Å². The zero-order chi connectivity index (χ0) is 23.4. The lowest BCUT2D eigenvalue weighted by atomic mass is 10.1. The molecule has 8 heteroatoms. The third-order valence-corrected chi connectivity index (χ3v) is 5.93. The van der Waals surface area contributed by atoms with E-state index in [0.717, 1.165) is 21.6 Å². The number of aryl methyl sites for hydroxylation is 1. The Bertz CT molecular complexity index is 1270. The minimum Gasteiger partial charge on any atom is -0.482 e. The molecular weight excluding hydrogens is 434 g/mol. The van der Waals surface area contributed by atoms with Gasteiger partial charge >= 0.3 is 0 Å². The van der Waals surface area contributed by atoms with Gasteiger partial charge in [0.1, 0.15) is 6.10 Å². The van der Waals surface area contributed by atoms with E-state index < -0.39 is 0 Å². The Morgan fingerprint density at radius 2 is 1.91 bits per heavy atom. The van der Waals surface area contributed by atoms with E-state index in [0.29, 0.717) is 22.8 Å². The van der Waals surface area contributed by atoms with Crippen molar-refractivity contribution in [2.45, 2.75) is 17.9 Å². The van der Waals surface area contributed by atoms with Crippen LogP contribution in [-0.2, 0) is 7.05 Å². The second-order valence-corrected chi connectivity index (χ2v) is 8.46. The summed E-state index contributed by atoms with van der Waals surface area (Å²) in [5, 5.41) is 7.15. The second kappa shape index (κ2) is 9.79. The van der Waals surface area contributed by atoms with Gasteiger partial charge in [-0.2, -0.15) is 5.10 Å². The minimum absolute atomic E-state index is 0.161. The normalized spacial score (nSPS) is 11.7. The molecule has 1 unspecified atom stereocenters. The highest BCUT2D eigenvalue weighted by atomic mass is 32.2. The summed E-state index contributed by atoms with van der Waals surface area (Å²) in [7, 11) is 1.86. The molecule has 2 heterocycles. The van der Waals surface area contributed by atoms with Crippen molar-refractivity contribution in [1.29, 1.82) is 0 Å². The van der Waals surface area contributed by atoms with Gasteiger partial charge in [0, 0.05) is 46.7 Å². The van der Waals surface area contributed by atoms with Crippen molar-refractivity contribution >= 4 is 29.2 Å². The van der Waals surface area contributed by atoms with Crippen LogP contribution in [0.5, 0.6) is 5.75 Å². The fraction of sp³-hybridized carbons (Fsp3) is 0.160. The number of carbonyl (C=O) groups excluding carboxylic acids is 1. The molecule has 4 rings (SSSR count). The number of benzene rings is 2. The summed E-state index contributed by atoms with van der Waals surface area (Å²) in [4.78, 5) is 18.0. The highest BCUT2D eigenvalue weighted by molar-refractivity contribution is 7.98. The van der Waals surface area contributed by atoms with Gasteiger partial charge in [0.2, 0.25) is 0 Å². The SMILES string of the molecule is CSc1ccc(C(=O)Nc2cccc(C(C)Oc3cc(-c4cnn(C)c4)cnc3N)c2)cc1. The van der Waals surface area contributed by atoms with Gasteiger partial charge in [-0.15, -0.1) is 11.8 Å². The van der Waals surface area contributed by atoms with Crippen LogP contribution >= 0.6 is 11.8 Å². The van der Waals surface area contributed by atoms with Crippen molar-refractivity contribution < 1.29 is 9.53 Å². The average molecular weight is 460 g/mol. The summed E-state index contributed by atoms with van der Waals surface area (Å²) in [5.41, 5.74) is 10.1. The van der Waals surface area contributed by atoms with Crippen molar-refractivity contribution in [1.82, 2.24) is 14.8 Å². The van der Waals surface area contributed by atoms with Gasteiger partial charge in [-0.3, -0.25) is 9.48 Å². The molecule has 168 valence electrons. The van der Waals surface area contributed by atoms with Gasteiger partial charge < -0.3 is 15.8 Å². The van der Waals surface area contributed by atoms with Gasteiger partial charge in [0.15, 0.2) is 11.6 Å². The fourth-order valence-corrected chi connectivity index (χ4v) is 3.76. The first-order chi connectivity index (χ1) is 15.9. The van der Waals surface area contributed by atoms with Crippen LogP contribution in [0.15, 0.2) is 78.1 Å². The summed E-state index contributed by atoms with van der Waals surface area (Å²) in [6, 6.07) is 16.9. The molecule has 0 radical (unpaired) electrons. The summed E-state index contributed by atoms with van der Waals surface area (Å²) in [5.74, 6) is 0.644. The smallest absolute Gasteiger partial charge is 0.255 e. The van der Waals surface area contributed by atoms with E-state index >= 15 is 0 Å². The quantitative estimate of drug-likeness (QED) is 0.370. The van der Waals surface area contributed by atoms with E-state index in [9.17, 15) is 4.79 Å². The van der Waals surface area contributed by atoms with E-state index in [1.807, 2.05) is 81.0 Å². The van der Waals surface area contributed by atoms with Gasteiger partial charge in [-0.1, -0.05) is 12.1 Å². The van der Waals surface area contributed by atoms with Crippen molar-refractivity contribution in [3.05, 3.63) is 84.3 Å². The van der Waals surface area contributed by atoms with Gasteiger partial charge in [-0.05, 0) is 61.2 Å². The van der Waals surface area contributed by atoms with Crippen molar-refractivity contribution in [2.24, 2.45) is 7.05 Å². The molecule has 1 amide bonds. The van der Waals surface area contributed by atoms with E-state index in [1.54, 1.807) is 28.8 Å². The van der Waals surface area contributed by atoms with E-state index in [-0.39, 0.29) is 12.0 Å². The number of hydrogen-bond acceptors (Lipinski definition) is 6. The van der Waals surface area contributed by atoms with E-state index in [1.165, 1.54) is 0 Å². The second-order valence-electron chi connectivity index (χ2n) is 7.58. The maximum Gasteiger partial charge on any atom is 0.255 e. The summed E-state index contributed by atoms with van der Waals surface area (Å²) in [6.07, 6.45) is 7.06. The highest BCUT2D eigenvalue weighted by Gasteiger charge is 2.14. The van der Waals surface area contributed by atoms with Crippen LogP contribution in [-0.4, -0.2) is 26.9 Å². The molecule has 0 aliphatic rings. The predicted molar refractivity (Wildman–Crippen MR) is 133 cm³/mol. The molecule has 0 aliphatic heterocycles. The lowest BCUT2D eigenvalue weighted by Gasteiger charge is -2.17. The Hall–Kier alpha value is -3.78. The number of nitrogens with one attached hydrogen (secondary N) is 1. The number of carbonyl (C=O) groups is 1. The van der Waals surface area contributed by atoms with Crippen molar-refractivity contribution in [3.63, 3.8) is 0 Å². The van der Waals surface area contributed by atoms with Crippen LogP contribution < -0.4 is 15.8 Å². The Morgan fingerprint density at radius 3 is 2.61 bits per heavy atom. The Morgan fingerprint density at radius 1 is 1.12 bits per heavy atom. The lowest BCUT2D eigenvalue weighted by molar-refractivity contribution is 0.102. The number of rotatable bonds is 7. The summed E-state index contributed by atoms with van der Waals surface area (Å²) < 4.78 is 7.87. The van der Waals surface area contributed by atoms with Crippen LogP contribution in [0.2, 0.25) is 0 Å². The zero-order valence-corrected chi connectivity index (χ0v) is 19.5. The molecule has 0 saturated carbocycles. The van der Waals surface area contributed by atoms with Crippen molar-refractivity contribution in [3.8, 4) is 16.9 Å². The first-order valence-corrected chi connectivity index (χ1v) is 11.6. The largest absolute Gasteiger partial charge is 0.482 e. The molecule has 0 spiro atoms. The van der Waals surface area contributed by atoms with Gasteiger partial charge in [-0.25, -0.2) is 4.98 Å². The van der Waals surface area contributed by atoms with E-state index in [4.69, 9.17) is 10.5 Å². The Balaban J connectivity index is 1.48. The predicted octanol–water partition coefficient (Wildman–Crippen LogP) is 5.18. The molecule has 4 aromatic rings. The maximum atomic E-state index is 12.6. The van der Waals surface area contributed by atoms with Crippen LogP contribution in [0, 0.1) is 0 Å². The first-order valence-electron chi connectivity index (χ1n) is 10.4. The number of nitrogens with two attached hydrogens (primary N) is 1. The number of thioether (sulfide) groups is 1. The first kappa shape index (κ1) is 22.4. The Labute approximate surface area is 197 Å². The monoisotopic (exact) mass is 459 g/mol. The number of aromatic nitrogens is 3. The number of nitrogens with zero attached hydrogens (tertiary/aromatic N) is 3. The lowest BCUT2D eigenvalue weighted by Crippen LogP contribution is -2.12. The summed E-state index contributed by atoms with van der Waals surface area (Å²) in [6.45, 7) is 1.93. The Kier molecular flexibility index (Phi) is 6.65. The van der Waals surface area contributed by atoms with Crippen LogP contribution in [0.1, 0.15) is 28.9 Å². The van der Waals surface area contributed by atoms with Crippen LogP contribution in [0.4, 0.5) is 11.5 Å². The molecule has 3 N–H and O–H groups in total. The highest BCUT2D eigenvalue weighted by Crippen LogP contribution is 2.31. The van der Waals surface area contributed by atoms with Gasteiger partial charge in [0.05, 0.1) is 6.20 Å². The maximum absolute atomic E-state index is 12.6. The molecule has 0 saturated heterocycles. The molecule has 2 aromatic carbocycles. The number of hydrogen-bond donors (Lipinski definition) is 2. The number of amides is 1. The standard InChI is InChI=1S/C25H25N5O2S/c1-16(32-23-12-19(13-27-24(23)26)20-14-28-30(2)15-20)18-5-4-6-21(11-18)29-25(31)17-7-9-22(33-3)10-8-17/h4-16H,1-3H3,(H2,26,27)(H,29,31). The zero-order valence-electron chi connectivity index (χ0n) is 18.6. The summed E-state index contributed by atoms with van der Waals surface area (Å²) >= 11 is 1.64. The molecule has 0 aliphatic carbocycles. The van der Waals surface area contributed by atoms with Crippen molar-refractivity contribution in [2.75, 3.05) is 17.3 Å². The number of anilines is 2. The molecule has 0 bridgehead atoms. The number of ether oxygens (including phenoxy) is 1. The third-order valence-electron chi connectivity index (χ3n) is 5.19. The number of pyridine rings is 1. The van der Waals surface area contributed by atoms with Gasteiger partial charge in [0.25, 0.3) is 5.91 Å². The topological polar surface area (TPSA) is 95.1 Å². The molecule has 0 fully saturated rings. The third kappa shape index (κ3) is 5.35. The fourth-order valence-electron chi connectivity index (χ4n) is 3.35. The van der Waals surface area contributed by atoms with Crippen LogP contribution in [0.3, 0.4) is 0 Å². The molecule has 2 aromatic heterocycles. The average Bonchev–Trinajstić information content (AvgIpc) is 3.27. The molecular formula is C25H25N5O2S. The molecule has 1 atom stereocenters. The minimum atomic E-state index is -0.309. The molecule has 33 heavy (non-hydrogen) atoms. The molecule has 7 nitrogen and oxygen atoms in total. The van der Waals surface area contributed by atoms with Crippen LogP contribution in [0.25, 0.3) is 11.1 Å².